The second kappa shape index (κ2) is 9.40. The van der Waals surface area contributed by atoms with Crippen molar-refractivity contribution in [2.24, 2.45) is 0 Å². The minimum Gasteiger partial charge on any atom is -0.383 e. The van der Waals surface area contributed by atoms with Crippen LogP contribution in [0.5, 0.6) is 0 Å². The highest BCUT2D eigenvalue weighted by Gasteiger charge is 2.36. The maximum absolute atomic E-state index is 12.9. The zero-order valence-electron chi connectivity index (χ0n) is 17.1. The Morgan fingerprint density at radius 3 is 2.50 bits per heavy atom. The first kappa shape index (κ1) is 24.2. The van der Waals surface area contributed by atoms with E-state index in [2.05, 4.69) is 25.3 Å². The summed E-state index contributed by atoms with van der Waals surface area (Å²) in [4.78, 5) is 17.2. The van der Waals surface area contributed by atoms with Crippen LogP contribution in [0.2, 0.25) is 0 Å². The third kappa shape index (κ3) is 5.55. The van der Waals surface area contributed by atoms with E-state index >= 15 is 0 Å². The van der Waals surface area contributed by atoms with Crippen LogP contribution in [-0.2, 0) is 11.8 Å². The van der Waals surface area contributed by atoms with Gasteiger partial charge in [0.05, 0.1) is 12.2 Å². The summed E-state index contributed by atoms with van der Waals surface area (Å²) in [6.07, 6.45) is -0.153. The molecular formula is C19H26ClF3N6O. The van der Waals surface area contributed by atoms with Gasteiger partial charge in [0.2, 0.25) is 5.82 Å². The van der Waals surface area contributed by atoms with Crippen molar-refractivity contribution in [1.29, 1.82) is 0 Å². The third-order valence-electron chi connectivity index (χ3n) is 5.08. The lowest BCUT2D eigenvalue weighted by atomic mass is 9.85. The van der Waals surface area contributed by atoms with Crippen molar-refractivity contribution in [3.8, 4) is 0 Å². The van der Waals surface area contributed by atoms with Crippen molar-refractivity contribution < 1.29 is 18.3 Å². The number of aliphatic hydroxyl groups is 1. The molecule has 1 unspecified atom stereocenters. The molecule has 0 spiro atoms. The van der Waals surface area contributed by atoms with E-state index in [-0.39, 0.29) is 30.7 Å². The van der Waals surface area contributed by atoms with Gasteiger partial charge in [0.1, 0.15) is 17.2 Å². The number of hydrogen-bond acceptors (Lipinski definition) is 7. The van der Waals surface area contributed by atoms with Gasteiger partial charge in [0, 0.05) is 30.9 Å². The number of likely N-dealkylation sites (N-methyl/N-ethyl adjacent to an activating group) is 1. The second-order valence-corrected chi connectivity index (χ2v) is 7.61. The lowest BCUT2D eigenvalue weighted by Crippen LogP contribution is -2.39. The molecule has 2 N–H and O–H groups in total. The van der Waals surface area contributed by atoms with Crippen LogP contribution in [0.15, 0.2) is 18.5 Å². The summed E-state index contributed by atoms with van der Waals surface area (Å²) >= 11 is 0. The first-order chi connectivity index (χ1) is 13.6. The number of anilines is 1. The Bertz CT molecular complexity index is 858. The SMILES string of the molecule is Cc1ncc(C(C)(O)CN(C)c2ccnc(C(F)(F)F)n2)c(C2CCNCC2)n1.Cl. The van der Waals surface area contributed by atoms with Crippen molar-refractivity contribution in [2.75, 3.05) is 31.6 Å². The second-order valence-electron chi connectivity index (χ2n) is 7.61. The summed E-state index contributed by atoms with van der Waals surface area (Å²) < 4.78 is 38.7. The third-order valence-corrected chi connectivity index (χ3v) is 5.08. The fourth-order valence-electron chi connectivity index (χ4n) is 3.64. The van der Waals surface area contributed by atoms with Gasteiger partial charge in [0.25, 0.3) is 0 Å². The number of rotatable bonds is 5. The molecule has 3 rings (SSSR count). The largest absolute Gasteiger partial charge is 0.451 e. The molecule has 30 heavy (non-hydrogen) atoms. The maximum atomic E-state index is 12.9. The van der Waals surface area contributed by atoms with E-state index in [1.54, 1.807) is 27.1 Å². The van der Waals surface area contributed by atoms with Gasteiger partial charge in [-0.25, -0.2) is 19.9 Å². The topological polar surface area (TPSA) is 87.1 Å². The maximum Gasteiger partial charge on any atom is 0.451 e. The molecular weight excluding hydrogens is 421 g/mol. The molecule has 1 aliphatic heterocycles. The number of nitrogens with zero attached hydrogens (tertiary/aromatic N) is 5. The number of alkyl halides is 3. The number of aromatic nitrogens is 4. The quantitative estimate of drug-likeness (QED) is 0.730. The van der Waals surface area contributed by atoms with Crippen LogP contribution >= 0.6 is 12.4 Å². The summed E-state index contributed by atoms with van der Waals surface area (Å²) in [5, 5.41) is 14.6. The van der Waals surface area contributed by atoms with Crippen molar-refractivity contribution in [3.63, 3.8) is 0 Å². The fraction of sp³-hybridized carbons (Fsp3) is 0.579. The number of piperidine rings is 1. The van der Waals surface area contributed by atoms with Crippen LogP contribution < -0.4 is 10.2 Å². The number of aryl methyl sites for hydroxylation is 1. The molecule has 2 aromatic heterocycles. The first-order valence-electron chi connectivity index (χ1n) is 9.46. The van der Waals surface area contributed by atoms with Gasteiger partial charge >= 0.3 is 6.18 Å². The smallest absolute Gasteiger partial charge is 0.383 e. The van der Waals surface area contributed by atoms with Crippen LogP contribution in [0.25, 0.3) is 0 Å². The van der Waals surface area contributed by atoms with E-state index in [1.807, 2.05) is 0 Å². The monoisotopic (exact) mass is 446 g/mol. The Labute approximate surface area is 179 Å². The summed E-state index contributed by atoms with van der Waals surface area (Å²) in [5.41, 5.74) is 0.00875. The Morgan fingerprint density at radius 1 is 1.20 bits per heavy atom. The van der Waals surface area contributed by atoms with Crippen molar-refractivity contribution in [2.45, 2.75) is 44.4 Å². The molecule has 166 valence electrons. The van der Waals surface area contributed by atoms with E-state index in [0.717, 1.165) is 37.8 Å². The predicted octanol–water partition coefficient (Wildman–Crippen LogP) is 2.83. The van der Waals surface area contributed by atoms with E-state index in [4.69, 9.17) is 0 Å². The van der Waals surface area contributed by atoms with Gasteiger partial charge in [-0.15, -0.1) is 12.4 Å². The molecule has 1 fully saturated rings. The summed E-state index contributed by atoms with van der Waals surface area (Å²) in [6.45, 7) is 5.18. The van der Waals surface area contributed by atoms with Crippen LogP contribution in [0, 0.1) is 6.92 Å². The molecule has 3 heterocycles. The summed E-state index contributed by atoms with van der Waals surface area (Å²) in [5.74, 6) is -0.322. The van der Waals surface area contributed by atoms with Crippen LogP contribution in [0.4, 0.5) is 19.0 Å². The molecule has 1 saturated heterocycles. The summed E-state index contributed by atoms with van der Waals surface area (Å²) in [6, 6.07) is 1.38. The zero-order chi connectivity index (χ0) is 21.2. The standard InChI is InChI=1S/C19H25F3N6O.ClH/c1-12-25-10-14(16(26-12)13-4-7-23-8-5-13)18(2,29)11-28(3)15-6-9-24-17(27-15)19(20,21)22;/h6,9-10,13,23,29H,4-5,7-8,11H2,1-3H3;1H. The van der Waals surface area contributed by atoms with Gasteiger partial charge in [-0.2, -0.15) is 13.2 Å². The van der Waals surface area contributed by atoms with Gasteiger partial charge in [0.15, 0.2) is 0 Å². The highest BCUT2D eigenvalue weighted by molar-refractivity contribution is 5.85. The van der Waals surface area contributed by atoms with Crippen LogP contribution in [0.3, 0.4) is 0 Å². The van der Waals surface area contributed by atoms with E-state index in [1.165, 1.54) is 11.0 Å². The van der Waals surface area contributed by atoms with E-state index < -0.39 is 17.6 Å². The van der Waals surface area contributed by atoms with Crippen molar-refractivity contribution in [3.05, 3.63) is 41.4 Å². The molecule has 7 nitrogen and oxygen atoms in total. The molecule has 1 atom stereocenters. The Kier molecular flexibility index (Phi) is 7.59. The normalized spacial score (nSPS) is 17.2. The Morgan fingerprint density at radius 2 is 1.87 bits per heavy atom. The molecule has 0 amide bonds. The number of halogens is 4. The van der Waals surface area contributed by atoms with Crippen molar-refractivity contribution in [1.82, 2.24) is 25.3 Å². The molecule has 0 saturated carbocycles. The van der Waals surface area contributed by atoms with Crippen molar-refractivity contribution >= 4 is 18.2 Å². The number of hydrogen-bond donors (Lipinski definition) is 2. The molecule has 0 radical (unpaired) electrons. The molecule has 0 aliphatic carbocycles. The van der Waals surface area contributed by atoms with E-state index in [9.17, 15) is 18.3 Å². The Hall–Kier alpha value is -2.04. The molecule has 2 aromatic rings. The number of nitrogens with one attached hydrogen (secondary N) is 1. The average molecular weight is 447 g/mol. The van der Waals surface area contributed by atoms with E-state index in [0.29, 0.717) is 11.4 Å². The molecule has 0 aromatic carbocycles. The van der Waals surface area contributed by atoms with Gasteiger partial charge in [-0.3, -0.25) is 0 Å². The average Bonchev–Trinajstić information content (AvgIpc) is 2.67. The Balaban J connectivity index is 0.00000320. The van der Waals surface area contributed by atoms with Gasteiger partial charge in [-0.1, -0.05) is 0 Å². The fourth-order valence-corrected chi connectivity index (χ4v) is 3.64. The minimum atomic E-state index is -4.63. The zero-order valence-corrected chi connectivity index (χ0v) is 17.9. The lowest BCUT2D eigenvalue weighted by Gasteiger charge is -2.33. The molecule has 0 bridgehead atoms. The minimum absolute atomic E-state index is 0. The van der Waals surface area contributed by atoms with Gasteiger partial charge in [-0.05, 0) is 45.8 Å². The summed E-state index contributed by atoms with van der Waals surface area (Å²) in [7, 11) is 1.58. The molecule has 1 aliphatic rings. The van der Waals surface area contributed by atoms with Crippen LogP contribution in [0.1, 0.15) is 48.6 Å². The highest BCUT2D eigenvalue weighted by atomic mass is 35.5. The molecule has 11 heteroatoms. The first-order valence-corrected chi connectivity index (χ1v) is 9.46. The van der Waals surface area contributed by atoms with Crippen LogP contribution in [-0.4, -0.2) is 51.7 Å². The highest BCUT2D eigenvalue weighted by Crippen LogP contribution is 2.33. The lowest BCUT2D eigenvalue weighted by molar-refractivity contribution is -0.144. The van der Waals surface area contributed by atoms with Gasteiger partial charge < -0.3 is 15.3 Å². The predicted molar refractivity (Wildman–Crippen MR) is 109 cm³/mol.